The van der Waals surface area contributed by atoms with Crippen LogP contribution in [0, 0.1) is 0 Å². The molecule has 0 aliphatic carbocycles. The molecule has 0 unspecified atom stereocenters. The maximum atomic E-state index is 2.28. The molecule has 0 amide bonds. The van der Waals surface area contributed by atoms with Crippen LogP contribution < -0.4 is 0 Å². The van der Waals surface area contributed by atoms with Crippen molar-refractivity contribution < 1.29 is 0 Å². The zero-order valence-electron chi connectivity index (χ0n) is 6.64. The zero-order valence-corrected chi connectivity index (χ0v) is 8.52. The van der Waals surface area contributed by atoms with Crippen molar-refractivity contribution in [1.82, 2.24) is 0 Å². The van der Waals surface area contributed by atoms with Crippen molar-refractivity contribution in [3.8, 4) is 0 Å². The van der Waals surface area contributed by atoms with E-state index in [0.717, 1.165) is 0 Å². The first-order valence-electron chi connectivity index (χ1n) is 3.93. The average Bonchev–Trinajstić information content (AvgIpc) is 2.21. The fourth-order valence-electron chi connectivity index (χ4n) is 1.14. The molecule has 58 valence electrons. The van der Waals surface area contributed by atoms with Crippen LogP contribution in [0.15, 0.2) is 53.4 Å². The molecule has 0 radical (unpaired) electrons. The predicted octanol–water partition coefficient (Wildman–Crippen LogP) is 1.99. The second-order valence-corrected chi connectivity index (χ2v) is 4.76. The van der Waals surface area contributed by atoms with Gasteiger partial charge in [0, 0.05) is 0 Å². The van der Waals surface area contributed by atoms with Crippen LogP contribution in [0.1, 0.15) is 5.56 Å². The minimum atomic E-state index is 0.258. The summed E-state index contributed by atoms with van der Waals surface area (Å²) in [6.45, 7) is 0. The second-order valence-electron chi connectivity index (χ2n) is 2.58. The number of rotatable bonds is 1. The fourth-order valence-corrected chi connectivity index (χ4v) is 2.86. The standard InChI is InChI=1S/C11H9As/c1-2-6-10(7-3-1)11-8-4-5-9-12-11/h1-9H. The first-order valence-corrected chi connectivity index (χ1v) is 5.95. The van der Waals surface area contributed by atoms with Crippen LogP contribution in [-0.2, 0) is 0 Å². The molecule has 0 nitrogen and oxygen atoms in total. The molecule has 0 fully saturated rings. The van der Waals surface area contributed by atoms with E-state index in [4.69, 9.17) is 0 Å². The second kappa shape index (κ2) is 3.69. The molecular formula is C11H9As. The number of hydrogen-bond acceptors (Lipinski definition) is 0. The van der Waals surface area contributed by atoms with E-state index in [-0.39, 0.29) is 15.3 Å². The van der Waals surface area contributed by atoms with E-state index in [2.05, 4.69) is 53.4 Å². The summed E-state index contributed by atoms with van der Waals surface area (Å²) < 4.78 is 1.49. The summed E-state index contributed by atoms with van der Waals surface area (Å²) in [6, 6.07) is 10.6. The van der Waals surface area contributed by atoms with Crippen molar-refractivity contribution in [2.45, 2.75) is 0 Å². The predicted molar refractivity (Wildman–Crippen MR) is 54.6 cm³/mol. The summed E-state index contributed by atoms with van der Waals surface area (Å²) in [5.74, 6) is 0. The molecule has 0 N–H and O–H groups in total. The van der Waals surface area contributed by atoms with Gasteiger partial charge in [0.1, 0.15) is 0 Å². The fraction of sp³-hybridized carbons (Fsp3) is 0. The Bertz CT molecular complexity index is 345. The van der Waals surface area contributed by atoms with E-state index in [1.165, 1.54) is 9.87 Å². The van der Waals surface area contributed by atoms with Crippen molar-refractivity contribution in [2.24, 2.45) is 0 Å². The van der Waals surface area contributed by atoms with Crippen molar-refractivity contribution >= 4 is 19.6 Å². The Balaban J connectivity index is 2.38. The first-order chi connectivity index (χ1) is 5.97. The molecule has 0 saturated carbocycles. The van der Waals surface area contributed by atoms with Gasteiger partial charge in [0.15, 0.2) is 0 Å². The van der Waals surface area contributed by atoms with Gasteiger partial charge in [-0.15, -0.1) is 0 Å². The van der Waals surface area contributed by atoms with Crippen LogP contribution in [0.2, 0.25) is 0 Å². The van der Waals surface area contributed by atoms with E-state index < -0.39 is 0 Å². The normalized spacial score (nSPS) is 15.8. The quantitative estimate of drug-likeness (QED) is 0.630. The zero-order chi connectivity index (χ0) is 8.23. The van der Waals surface area contributed by atoms with Crippen LogP contribution in [0.4, 0.5) is 0 Å². The summed E-state index contributed by atoms with van der Waals surface area (Å²) in [5.41, 5.74) is 1.37. The monoisotopic (exact) mass is 216 g/mol. The van der Waals surface area contributed by atoms with E-state index in [0.29, 0.717) is 0 Å². The van der Waals surface area contributed by atoms with Gasteiger partial charge in [0.05, 0.1) is 0 Å². The maximum absolute atomic E-state index is 2.28. The van der Waals surface area contributed by atoms with Crippen LogP contribution >= 0.6 is 0 Å². The molecule has 0 spiro atoms. The Morgan fingerprint density at radius 2 is 1.75 bits per heavy atom. The van der Waals surface area contributed by atoms with Crippen LogP contribution in [0.5, 0.6) is 0 Å². The van der Waals surface area contributed by atoms with Gasteiger partial charge >= 0.3 is 78.6 Å². The number of allylic oxidation sites excluding steroid dienone is 3. The van der Waals surface area contributed by atoms with E-state index in [1.54, 1.807) is 0 Å². The topological polar surface area (TPSA) is 0 Å². The molecule has 1 aliphatic heterocycles. The molecule has 1 aromatic rings. The molecule has 0 saturated heterocycles. The van der Waals surface area contributed by atoms with Gasteiger partial charge < -0.3 is 0 Å². The summed E-state index contributed by atoms with van der Waals surface area (Å²) in [5, 5.41) is 0. The number of hydrogen-bond donors (Lipinski definition) is 0. The summed E-state index contributed by atoms with van der Waals surface area (Å²) in [6.07, 6.45) is 6.46. The first kappa shape index (κ1) is 7.76. The van der Waals surface area contributed by atoms with E-state index in [1.807, 2.05) is 0 Å². The molecule has 1 heterocycles. The Kier molecular flexibility index (Phi) is 2.38. The van der Waals surface area contributed by atoms with Crippen LogP contribution in [-0.4, -0.2) is 19.6 Å². The molecule has 0 bridgehead atoms. The average molecular weight is 216 g/mol. The van der Waals surface area contributed by atoms with Gasteiger partial charge in [-0.3, -0.25) is 0 Å². The van der Waals surface area contributed by atoms with Crippen molar-refractivity contribution in [1.29, 1.82) is 0 Å². The third-order valence-electron chi connectivity index (χ3n) is 1.73. The van der Waals surface area contributed by atoms with Crippen molar-refractivity contribution in [3.05, 3.63) is 59.0 Å². The van der Waals surface area contributed by atoms with Gasteiger partial charge in [-0.2, -0.15) is 0 Å². The van der Waals surface area contributed by atoms with Crippen molar-refractivity contribution in [3.63, 3.8) is 0 Å². The minimum absolute atomic E-state index is 0.258. The van der Waals surface area contributed by atoms with Gasteiger partial charge in [-0.25, -0.2) is 0 Å². The molecule has 1 heteroatoms. The summed E-state index contributed by atoms with van der Waals surface area (Å²) in [4.78, 5) is 2.28. The Labute approximate surface area is 78.8 Å². The SMILES string of the molecule is C1=C[As]=C(c2ccccc2)C=C1. The molecule has 0 aromatic heterocycles. The van der Waals surface area contributed by atoms with Crippen molar-refractivity contribution in [2.75, 3.05) is 0 Å². The summed E-state index contributed by atoms with van der Waals surface area (Å²) >= 11 is 0.258. The van der Waals surface area contributed by atoms with Crippen LogP contribution in [0.25, 0.3) is 0 Å². The molecule has 2 rings (SSSR count). The van der Waals surface area contributed by atoms with Crippen LogP contribution in [0.3, 0.4) is 0 Å². The van der Waals surface area contributed by atoms with Gasteiger partial charge in [-0.05, 0) is 0 Å². The van der Waals surface area contributed by atoms with E-state index >= 15 is 0 Å². The third kappa shape index (κ3) is 1.65. The third-order valence-corrected chi connectivity index (χ3v) is 3.85. The molecular weight excluding hydrogens is 207 g/mol. The van der Waals surface area contributed by atoms with Gasteiger partial charge in [-0.1, -0.05) is 0 Å². The molecule has 1 aliphatic rings. The Hall–Kier alpha value is -0.872. The Morgan fingerprint density at radius 3 is 2.42 bits per heavy atom. The summed E-state index contributed by atoms with van der Waals surface area (Å²) in [7, 11) is 0. The van der Waals surface area contributed by atoms with E-state index in [9.17, 15) is 0 Å². The Morgan fingerprint density at radius 1 is 0.917 bits per heavy atom. The molecule has 12 heavy (non-hydrogen) atoms. The molecule has 1 aromatic carbocycles. The number of benzene rings is 1. The van der Waals surface area contributed by atoms with Gasteiger partial charge in [0.2, 0.25) is 0 Å². The van der Waals surface area contributed by atoms with Gasteiger partial charge in [0.25, 0.3) is 0 Å². The molecule has 0 atom stereocenters.